The third-order valence-corrected chi connectivity index (χ3v) is 4.40. The smallest absolute Gasteiger partial charge is 0.0929 e. The summed E-state index contributed by atoms with van der Waals surface area (Å²) in [7, 11) is 1.75. The molecule has 1 atom stereocenters. The molecule has 1 aromatic heterocycles. The van der Waals surface area contributed by atoms with Gasteiger partial charge >= 0.3 is 0 Å². The average molecular weight is 287 g/mol. The molecule has 3 N–H and O–H groups in total. The molecule has 1 unspecified atom stereocenters. The van der Waals surface area contributed by atoms with E-state index in [9.17, 15) is 0 Å². The maximum absolute atomic E-state index is 5.86. The van der Waals surface area contributed by atoms with Crippen LogP contribution in [0.1, 0.15) is 24.4 Å². The number of rotatable bonds is 4. The van der Waals surface area contributed by atoms with Crippen LogP contribution >= 0.6 is 0 Å². The van der Waals surface area contributed by atoms with Gasteiger partial charge in [-0.1, -0.05) is 12.1 Å². The van der Waals surface area contributed by atoms with Gasteiger partial charge in [0.1, 0.15) is 0 Å². The van der Waals surface area contributed by atoms with Gasteiger partial charge in [-0.3, -0.25) is 16.3 Å². The molecular formula is C16H21N3O2. The lowest BCUT2D eigenvalue weighted by atomic mass is 9.82. The van der Waals surface area contributed by atoms with Crippen molar-refractivity contribution < 1.29 is 9.47 Å². The van der Waals surface area contributed by atoms with Crippen molar-refractivity contribution in [1.82, 2.24) is 10.4 Å². The summed E-state index contributed by atoms with van der Waals surface area (Å²) in [6, 6.07) is 10.1. The second-order valence-corrected chi connectivity index (χ2v) is 5.44. The van der Waals surface area contributed by atoms with E-state index < -0.39 is 0 Å². The fraction of sp³-hybridized carbons (Fsp3) is 0.438. The third kappa shape index (κ3) is 2.65. The number of nitrogens with two attached hydrogens (primary N) is 1. The van der Waals surface area contributed by atoms with Gasteiger partial charge in [-0.2, -0.15) is 0 Å². The highest BCUT2D eigenvalue weighted by Crippen LogP contribution is 2.37. The van der Waals surface area contributed by atoms with Gasteiger partial charge in [0.2, 0.25) is 0 Å². The molecule has 21 heavy (non-hydrogen) atoms. The van der Waals surface area contributed by atoms with Crippen LogP contribution in [0.4, 0.5) is 0 Å². The minimum atomic E-state index is -0.330. The van der Waals surface area contributed by atoms with Crippen molar-refractivity contribution in [1.29, 1.82) is 0 Å². The van der Waals surface area contributed by atoms with Crippen LogP contribution in [0.3, 0.4) is 0 Å². The van der Waals surface area contributed by atoms with Crippen LogP contribution < -0.4 is 11.3 Å². The predicted molar refractivity (Wildman–Crippen MR) is 81.6 cm³/mol. The number of hydrogen-bond acceptors (Lipinski definition) is 5. The van der Waals surface area contributed by atoms with E-state index in [2.05, 4.69) is 28.6 Å². The van der Waals surface area contributed by atoms with Crippen molar-refractivity contribution in [3.63, 3.8) is 0 Å². The van der Waals surface area contributed by atoms with Gasteiger partial charge in [-0.25, -0.2) is 0 Å². The summed E-state index contributed by atoms with van der Waals surface area (Å²) in [6.07, 6.45) is 3.45. The second kappa shape index (κ2) is 6.07. The molecule has 1 fully saturated rings. The fourth-order valence-corrected chi connectivity index (χ4v) is 3.15. The molecule has 1 saturated heterocycles. The molecule has 0 aliphatic carbocycles. The molecule has 0 spiro atoms. The van der Waals surface area contributed by atoms with Gasteiger partial charge in [-0.05, 0) is 23.8 Å². The van der Waals surface area contributed by atoms with Crippen molar-refractivity contribution in [2.24, 2.45) is 5.84 Å². The van der Waals surface area contributed by atoms with Crippen LogP contribution in [-0.2, 0) is 9.47 Å². The first-order valence-corrected chi connectivity index (χ1v) is 7.23. The number of pyridine rings is 1. The highest BCUT2D eigenvalue weighted by Gasteiger charge is 2.41. The number of nitrogens with zero attached hydrogens (tertiary/aromatic N) is 1. The average Bonchev–Trinajstić information content (AvgIpc) is 2.56. The van der Waals surface area contributed by atoms with Crippen LogP contribution in [0.5, 0.6) is 0 Å². The van der Waals surface area contributed by atoms with E-state index >= 15 is 0 Å². The van der Waals surface area contributed by atoms with Gasteiger partial charge in [0.15, 0.2) is 0 Å². The Bertz CT molecular complexity index is 611. The van der Waals surface area contributed by atoms with Crippen molar-refractivity contribution in [3.05, 3.63) is 42.1 Å². The van der Waals surface area contributed by atoms with Crippen LogP contribution in [0.25, 0.3) is 10.9 Å². The number of methoxy groups -OCH3 is 1. The summed E-state index contributed by atoms with van der Waals surface area (Å²) in [6.45, 7) is 1.39. The van der Waals surface area contributed by atoms with Crippen LogP contribution in [0.2, 0.25) is 0 Å². The Hall–Kier alpha value is -1.53. The normalized spacial score (nSPS) is 19.5. The lowest BCUT2D eigenvalue weighted by molar-refractivity contribution is -0.111. The van der Waals surface area contributed by atoms with Crippen molar-refractivity contribution in [3.8, 4) is 0 Å². The molecule has 1 aliphatic rings. The van der Waals surface area contributed by atoms with E-state index in [4.69, 9.17) is 15.3 Å². The second-order valence-electron chi connectivity index (χ2n) is 5.44. The zero-order valence-corrected chi connectivity index (χ0v) is 12.2. The molecule has 0 saturated carbocycles. The lowest BCUT2D eigenvalue weighted by Crippen LogP contribution is -2.51. The Labute approximate surface area is 124 Å². The van der Waals surface area contributed by atoms with Crippen LogP contribution in [0, 0.1) is 0 Å². The lowest BCUT2D eigenvalue weighted by Gasteiger charge is -2.42. The molecule has 1 aromatic carbocycles. The Kier molecular flexibility index (Phi) is 4.17. The molecule has 112 valence electrons. The number of nitrogens with one attached hydrogen (secondary N) is 1. The minimum absolute atomic E-state index is 0.0731. The Morgan fingerprint density at radius 1 is 1.33 bits per heavy atom. The Morgan fingerprint density at radius 3 is 2.86 bits per heavy atom. The molecule has 5 nitrogen and oxygen atoms in total. The quantitative estimate of drug-likeness (QED) is 0.664. The maximum Gasteiger partial charge on any atom is 0.0929 e. The summed E-state index contributed by atoms with van der Waals surface area (Å²) in [4.78, 5) is 4.35. The molecule has 2 heterocycles. The van der Waals surface area contributed by atoms with Crippen LogP contribution in [0.15, 0.2) is 36.5 Å². The van der Waals surface area contributed by atoms with Gasteiger partial charge < -0.3 is 9.47 Å². The van der Waals surface area contributed by atoms with E-state index in [1.165, 1.54) is 0 Å². The van der Waals surface area contributed by atoms with Gasteiger partial charge in [0.25, 0.3) is 0 Å². The largest absolute Gasteiger partial charge is 0.381 e. The molecular weight excluding hydrogens is 266 g/mol. The monoisotopic (exact) mass is 287 g/mol. The number of ether oxygens (including phenoxy) is 2. The molecule has 0 amide bonds. The molecule has 5 heteroatoms. The van der Waals surface area contributed by atoms with Crippen molar-refractivity contribution >= 4 is 10.9 Å². The number of hydrogen-bond donors (Lipinski definition) is 2. The molecule has 0 radical (unpaired) electrons. The van der Waals surface area contributed by atoms with Crippen molar-refractivity contribution in [2.45, 2.75) is 24.5 Å². The summed E-state index contributed by atoms with van der Waals surface area (Å²) in [5, 5.41) is 1.11. The standard InChI is InChI=1S/C16H21N3O2/c1-20-16(6-9-21-10-7-16)15(19-17)13-4-5-14-12(11-13)3-2-8-18-14/h2-5,8,11,15,19H,6-7,9-10,17H2,1H3. The first kappa shape index (κ1) is 14.4. The summed E-state index contributed by atoms with van der Waals surface area (Å²) in [5.41, 5.74) is 4.71. The fourth-order valence-electron chi connectivity index (χ4n) is 3.15. The highest BCUT2D eigenvalue weighted by atomic mass is 16.5. The number of fused-ring (bicyclic) bond motifs is 1. The highest BCUT2D eigenvalue weighted by molar-refractivity contribution is 5.79. The number of hydrazine groups is 1. The zero-order valence-electron chi connectivity index (χ0n) is 12.2. The van der Waals surface area contributed by atoms with Gasteiger partial charge in [-0.15, -0.1) is 0 Å². The number of aromatic nitrogens is 1. The third-order valence-electron chi connectivity index (χ3n) is 4.40. The minimum Gasteiger partial charge on any atom is -0.381 e. The Balaban J connectivity index is 2.00. The van der Waals surface area contributed by atoms with E-state index in [0.29, 0.717) is 13.2 Å². The van der Waals surface area contributed by atoms with E-state index in [0.717, 1.165) is 29.3 Å². The summed E-state index contributed by atoms with van der Waals surface area (Å²) < 4.78 is 11.3. The zero-order chi connectivity index (χ0) is 14.7. The molecule has 1 aliphatic heterocycles. The van der Waals surface area contributed by atoms with Gasteiger partial charge in [0, 0.05) is 44.7 Å². The van der Waals surface area contributed by atoms with E-state index in [1.807, 2.05) is 12.1 Å². The molecule has 2 aromatic rings. The topological polar surface area (TPSA) is 69.4 Å². The number of benzene rings is 1. The van der Waals surface area contributed by atoms with Crippen molar-refractivity contribution in [2.75, 3.05) is 20.3 Å². The predicted octanol–water partition coefficient (Wildman–Crippen LogP) is 1.93. The SMILES string of the molecule is COC1(C(NN)c2ccc3ncccc3c2)CCOCC1. The van der Waals surface area contributed by atoms with Crippen LogP contribution in [-0.4, -0.2) is 30.9 Å². The van der Waals surface area contributed by atoms with Gasteiger partial charge in [0.05, 0.1) is 17.2 Å². The maximum atomic E-state index is 5.86. The Morgan fingerprint density at radius 2 is 2.14 bits per heavy atom. The molecule has 0 bridgehead atoms. The summed E-state index contributed by atoms with van der Waals surface area (Å²) in [5.74, 6) is 5.85. The first-order chi connectivity index (χ1) is 10.3. The van der Waals surface area contributed by atoms with E-state index in [1.54, 1.807) is 13.3 Å². The first-order valence-electron chi connectivity index (χ1n) is 7.23. The summed E-state index contributed by atoms with van der Waals surface area (Å²) >= 11 is 0. The molecule has 3 rings (SSSR count). The van der Waals surface area contributed by atoms with E-state index in [-0.39, 0.29) is 11.6 Å².